The van der Waals surface area contributed by atoms with Gasteiger partial charge in [-0.05, 0) is 55.0 Å². The first-order chi connectivity index (χ1) is 14.4. The molecule has 5 nitrogen and oxygen atoms in total. The number of thioether (sulfide) groups is 1. The molecule has 0 aliphatic heterocycles. The summed E-state index contributed by atoms with van der Waals surface area (Å²) in [4.78, 5) is 13.7. The molecule has 0 spiro atoms. The topological polar surface area (TPSA) is 66.5 Å². The number of hydrogen-bond acceptors (Lipinski definition) is 4. The van der Waals surface area contributed by atoms with Gasteiger partial charge in [0.05, 0.1) is 10.6 Å². The van der Waals surface area contributed by atoms with Gasteiger partial charge in [-0.15, -0.1) is 11.8 Å². The molecule has 3 aromatic rings. The van der Waals surface area contributed by atoms with Gasteiger partial charge in [0.25, 0.3) is 15.9 Å². The zero-order valence-corrected chi connectivity index (χ0v) is 18.5. The number of hydrogen-bond donors (Lipinski definition) is 1. The Morgan fingerprint density at radius 3 is 2.43 bits per heavy atom. The van der Waals surface area contributed by atoms with Crippen molar-refractivity contribution < 1.29 is 13.2 Å². The number of amides is 1. The van der Waals surface area contributed by atoms with Crippen molar-refractivity contribution in [1.29, 1.82) is 0 Å². The van der Waals surface area contributed by atoms with Crippen LogP contribution in [-0.4, -0.2) is 33.7 Å². The zero-order chi connectivity index (χ0) is 21.6. The van der Waals surface area contributed by atoms with Gasteiger partial charge < -0.3 is 5.32 Å². The Labute approximate surface area is 182 Å². The molecule has 1 N–H and O–H groups in total. The molecule has 0 bridgehead atoms. The molecule has 0 unspecified atom stereocenters. The summed E-state index contributed by atoms with van der Waals surface area (Å²) < 4.78 is 27.3. The zero-order valence-electron chi connectivity index (χ0n) is 16.9. The lowest BCUT2D eigenvalue weighted by Crippen LogP contribution is -2.28. The van der Waals surface area contributed by atoms with Gasteiger partial charge in [-0.25, -0.2) is 8.42 Å². The number of nitrogens with one attached hydrogen (secondary N) is 1. The Morgan fingerprint density at radius 1 is 0.967 bits per heavy atom. The number of carbonyl (C=O) groups excluding carboxylic acids is 1. The van der Waals surface area contributed by atoms with E-state index in [1.807, 2.05) is 49.4 Å². The number of anilines is 1. The van der Waals surface area contributed by atoms with Gasteiger partial charge in [0.15, 0.2) is 0 Å². The second kappa shape index (κ2) is 9.82. The van der Waals surface area contributed by atoms with Crippen molar-refractivity contribution in [3.63, 3.8) is 0 Å². The fraction of sp³-hybridized carbons (Fsp3) is 0.174. The molecule has 0 saturated heterocycles. The van der Waals surface area contributed by atoms with Gasteiger partial charge in [-0.1, -0.05) is 36.4 Å². The summed E-state index contributed by atoms with van der Waals surface area (Å²) in [6.07, 6.45) is 0. The number of aryl methyl sites for hydroxylation is 1. The summed E-state index contributed by atoms with van der Waals surface area (Å²) in [6, 6.07) is 23.3. The van der Waals surface area contributed by atoms with E-state index in [1.54, 1.807) is 36.0 Å². The van der Waals surface area contributed by atoms with Gasteiger partial charge in [0.1, 0.15) is 0 Å². The molecule has 156 valence electrons. The summed E-state index contributed by atoms with van der Waals surface area (Å²) in [6.45, 7) is 2.39. The van der Waals surface area contributed by atoms with Crippen LogP contribution < -0.4 is 9.62 Å². The van der Waals surface area contributed by atoms with Crippen LogP contribution in [0.15, 0.2) is 88.7 Å². The van der Waals surface area contributed by atoms with Crippen LogP contribution in [0.1, 0.15) is 15.9 Å². The van der Waals surface area contributed by atoms with Crippen molar-refractivity contribution >= 4 is 33.4 Å². The fourth-order valence-corrected chi connectivity index (χ4v) is 4.89. The van der Waals surface area contributed by atoms with E-state index in [0.717, 1.165) is 16.2 Å². The Morgan fingerprint density at radius 2 is 1.70 bits per heavy atom. The van der Waals surface area contributed by atoms with Crippen LogP contribution >= 0.6 is 11.8 Å². The molecule has 3 aromatic carbocycles. The van der Waals surface area contributed by atoms with E-state index in [1.165, 1.54) is 23.5 Å². The van der Waals surface area contributed by atoms with Gasteiger partial charge >= 0.3 is 0 Å². The normalized spacial score (nSPS) is 11.1. The molecule has 0 saturated carbocycles. The number of nitrogens with zero attached hydrogens (tertiary/aromatic N) is 1. The van der Waals surface area contributed by atoms with Crippen molar-refractivity contribution in [2.24, 2.45) is 0 Å². The molecule has 1 amide bonds. The van der Waals surface area contributed by atoms with E-state index in [2.05, 4.69) is 5.32 Å². The number of rotatable bonds is 8. The third kappa shape index (κ3) is 5.43. The summed E-state index contributed by atoms with van der Waals surface area (Å²) in [5.41, 5.74) is 1.86. The molecule has 0 aliphatic carbocycles. The fourth-order valence-electron chi connectivity index (χ4n) is 2.87. The quantitative estimate of drug-likeness (QED) is 0.418. The van der Waals surface area contributed by atoms with Crippen molar-refractivity contribution in [1.82, 2.24) is 5.32 Å². The minimum atomic E-state index is -3.78. The molecular formula is C23H24N2O3S2. The Hall–Kier alpha value is -2.77. The number of carbonyl (C=O) groups is 1. The third-order valence-corrected chi connectivity index (χ3v) is 7.31. The van der Waals surface area contributed by atoms with Crippen molar-refractivity contribution in [2.75, 3.05) is 23.7 Å². The minimum absolute atomic E-state index is 0.0813. The van der Waals surface area contributed by atoms with E-state index in [4.69, 9.17) is 0 Å². The van der Waals surface area contributed by atoms with E-state index >= 15 is 0 Å². The lowest BCUT2D eigenvalue weighted by atomic mass is 10.2. The first-order valence-corrected chi connectivity index (χ1v) is 11.9. The molecule has 3 rings (SSSR count). The van der Waals surface area contributed by atoms with Crippen molar-refractivity contribution in [2.45, 2.75) is 16.7 Å². The highest BCUT2D eigenvalue weighted by Gasteiger charge is 2.22. The summed E-state index contributed by atoms with van der Waals surface area (Å²) in [5, 5.41) is 2.85. The Bertz CT molecular complexity index is 1120. The first kappa shape index (κ1) is 21.9. The predicted octanol–water partition coefficient (Wildman–Crippen LogP) is 4.34. The van der Waals surface area contributed by atoms with E-state index in [-0.39, 0.29) is 10.8 Å². The predicted molar refractivity (Wildman–Crippen MR) is 123 cm³/mol. The molecule has 0 aromatic heterocycles. The SMILES string of the molecule is Cc1cccc(N(C)S(=O)(=O)c2cccc(C(=O)NCCSc3ccccc3)c2)c1. The van der Waals surface area contributed by atoms with Gasteiger partial charge in [0.2, 0.25) is 0 Å². The Kier molecular flexibility index (Phi) is 7.18. The first-order valence-electron chi connectivity index (χ1n) is 9.49. The third-order valence-electron chi connectivity index (χ3n) is 4.52. The van der Waals surface area contributed by atoms with Crippen molar-refractivity contribution in [3.8, 4) is 0 Å². The maximum absolute atomic E-state index is 13.0. The number of sulfonamides is 1. The highest BCUT2D eigenvalue weighted by atomic mass is 32.2. The summed E-state index contributed by atoms with van der Waals surface area (Å²) >= 11 is 1.65. The smallest absolute Gasteiger partial charge is 0.264 e. The highest BCUT2D eigenvalue weighted by molar-refractivity contribution is 7.99. The molecule has 0 fully saturated rings. The molecule has 30 heavy (non-hydrogen) atoms. The van der Waals surface area contributed by atoms with Crippen LogP contribution in [0.25, 0.3) is 0 Å². The molecule has 7 heteroatoms. The van der Waals surface area contributed by atoms with Crippen molar-refractivity contribution in [3.05, 3.63) is 90.0 Å². The second-order valence-electron chi connectivity index (χ2n) is 6.76. The standard InChI is InChI=1S/C23H24N2O3S2/c1-18-8-6-10-20(16-18)25(2)30(27,28)22-13-7-9-19(17-22)23(26)24-14-15-29-21-11-4-3-5-12-21/h3-13,16-17H,14-15H2,1-2H3,(H,24,26). The molecular weight excluding hydrogens is 416 g/mol. The maximum Gasteiger partial charge on any atom is 0.264 e. The van der Waals surface area contributed by atoms with Crippen LogP contribution in [0.4, 0.5) is 5.69 Å². The average molecular weight is 441 g/mol. The minimum Gasteiger partial charge on any atom is -0.351 e. The van der Waals surface area contributed by atoms with Crippen LogP contribution in [0.3, 0.4) is 0 Å². The van der Waals surface area contributed by atoms with Crippen LogP contribution in [0.5, 0.6) is 0 Å². The number of benzene rings is 3. The van der Waals surface area contributed by atoms with E-state index < -0.39 is 10.0 Å². The molecule has 0 heterocycles. The van der Waals surface area contributed by atoms with Crippen LogP contribution in [0, 0.1) is 6.92 Å². The van der Waals surface area contributed by atoms with Gasteiger partial charge in [-0.3, -0.25) is 9.10 Å². The highest BCUT2D eigenvalue weighted by Crippen LogP contribution is 2.23. The monoisotopic (exact) mass is 440 g/mol. The van der Waals surface area contributed by atoms with E-state index in [9.17, 15) is 13.2 Å². The van der Waals surface area contributed by atoms with Crippen LogP contribution in [-0.2, 0) is 10.0 Å². The molecule has 0 radical (unpaired) electrons. The summed E-state index contributed by atoms with van der Waals surface area (Å²) in [5.74, 6) is 0.433. The van der Waals surface area contributed by atoms with Gasteiger partial charge in [0, 0.05) is 29.8 Å². The maximum atomic E-state index is 13.0. The molecule has 0 atom stereocenters. The molecule has 0 aliphatic rings. The average Bonchev–Trinajstić information content (AvgIpc) is 2.77. The Balaban J connectivity index is 1.66. The van der Waals surface area contributed by atoms with Gasteiger partial charge in [-0.2, -0.15) is 0 Å². The lowest BCUT2D eigenvalue weighted by molar-refractivity contribution is 0.0956. The van der Waals surface area contributed by atoms with Crippen LogP contribution in [0.2, 0.25) is 0 Å². The summed E-state index contributed by atoms with van der Waals surface area (Å²) in [7, 11) is -2.27. The van der Waals surface area contributed by atoms with E-state index in [0.29, 0.717) is 17.8 Å². The second-order valence-corrected chi connectivity index (χ2v) is 9.89. The lowest BCUT2D eigenvalue weighted by Gasteiger charge is -2.20. The largest absolute Gasteiger partial charge is 0.351 e.